The average molecular weight is 280 g/mol. The van der Waals surface area contributed by atoms with Crippen molar-refractivity contribution in [3.8, 4) is 0 Å². The molecule has 0 aliphatic carbocycles. The van der Waals surface area contributed by atoms with Crippen LogP contribution in [0.2, 0.25) is 0 Å². The summed E-state index contributed by atoms with van der Waals surface area (Å²) in [5, 5.41) is 4.15. The molecule has 2 heterocycles. The van der Waals surface area contributed by atoms with Crippen molar-refractivity contribution in [2.24, 2.45) is 0 Å². The lowest BCUT2D eigenvalue weighted by atomic mass is 10.1. The van der Waals surface area contributed by atoms with Gasteiger partial charge >= 0.3 is 0 Å². The molecule has 6 nitrogen and oxygen atoms in total. The summed E-state index contributed by atoms with van der Waals surface area (Å²) >= 11 is 0. The smallest absolute Gasteiger partial charge is 0.170 e. The molecule has 112 valence electrons. The number of hydrogen-bond acceptors (Lipinski definition) is 5. The molecule has 20 heavy (non-hydrogen) atoms. The Hall–Kier alpha value is -1.27. The van der Waals surface area contributed by atoms with Gasteiger partial charge in [0, 0.05) is 25.7 Å². The van der Waals surface area contributed by atoms with Gasteiger partial charge in [-0.25, -0.2) is 9.67 Å². The maximum Gasteiger partial charge on any atom is 0.170 e. The summed E-state index contributed by atoms with van der Waals surface area (Å²) in [5.74, 6) is 0.836. The molecule has 1 fully saturated rings. The van der Waals surface area contributed by atoms with E-state index in [4.69, 9.17) is 4.74 Å². The highest BCUT2D eigenvalue weighted by atomic mass is 16.5. The fourth-order valence-corrected chi connectivity index (χ4v) is 2.43. The Labute approximate surface area is 120 Å². The van der Waals surface area contributed by atoms with Crippen LogP contribution in [0, 0.1) is 0 Å². The van der Waals surface area contributed by atoms with Crippen LogP contribution in [0.5, 0.6) is 0 Å². The summed E-state index contributed by atoms with van der Waals surface area (Å²) in [7, 11) is 0. The Kier molecular flexibility index (Phi) is 5.25. The van der Waals surface area contributed by atoms with Crippen molar-refractivity contribution < 1.29 is 9.53 Å². The highest BCUT2D eigenvalue weighted by molar-refractivity contribution is 5.85. The van der Waals surface area contributed by atoms with Gasteiger partial charge in [0.25, 0.3) is 0 Å². The average Bonchev–Trinajstić information content (AvgIpc) is 2.86. The van der Waals surface area contributed by atoms with E-state index in [1.807, 2.05) is 0 Å². The van der Waals surface area contributed by atoms with Crippen molar-refractivity contribution in [2.75, 3.05) is 19.7 Å². The summed E-state index contributed by atoms with van der Waals surface area (Å²) in [4.78, 5) is 18.8. The first-order valence-corrected chi connectivity index (χ1v) is 7.36. The van der Waals surface area contributed by atoms with Crippen LogP contribution in [0.4, 0.5) is 0 Å². The number of aromatic nitrogens is 3. The topological polar surface area (TPSA) is 60.2 Å². The van der Waals surface area contributed by atoms with Gasteiger partial charge in [-0.05, 0) is 20.3 Å². The highest BCUT2D eigenvalue weighted by Gasteiger charge is 2.28. The van der Waals surface area contributed by atoms with Gasteiger partial charge in [-0.15, -0.1) is 0 Å². The van der Waals surface area contributed by atoms with Crippen LogP contribution in [0.3, 0.4) is 0 Å². The maximum absolute atomic E-state index is 12.4. The van der Waals surface area contributed by atoms with Crippen molar-refractivity contribution in [1.82, 2.24) is 19.7 Å². The Morgan fingerprint density at radius 1 is 1.55 bits per heavy atom. The monoisotopic (exact) mass is 280 g/mol. The third-order valence-electron chi connectivity index (χ3n) is 3.65. The summed E-state index contributed by atoms with van der Waals surface area (Å²) in [6.07, 6.45) is 2.46. The summed E-state index contributed by atoms with van der Waals surface area (Å²) in [6.45, 7) is 9.36. The van der Waals surface area contributed by atoms with Gasteiger partial charge in [0.2, 0.25) is 0 Å². The third kappa shape index (κ3) is 3.64. The van der Waals surface area contributed by atoms with Gasteiger partial charge in [0.1, 0.15) is 18.3 Å². The standard InChI is InChI=1S/C14H24N4O2/c1-4-5-18-14(15-10-16-18)8-12(19)13-9-17(11(2)3)6-7-20-13/h10-11,13H,4-9H2,1-3H3. The fourth-order valence-electron chi connectivity index (χ4n) is 2.43. The minimum Gasteiger partial charge on any atom is -0.368 e. The molecule has 0 aromatic carbocycles. The van der Waals surface area contributed by atoms with Gasteiger partial charge in [0.15, 0.2) is 5.78 Å². The minimum absolute atomic E-state index is 0.0979. The van der Waals surface area contributed by atoms with Gasteiger partial charge in [0.05, 0.1) is 13.0 Å². The molecule has 0 bridgehead atoms. The summed E-state index contributed by atoms with van der Waals surface area (Å²) in [6, 6.07) is 0.443. The molecule has 0 saturated carbocycles. The molecule has 1 aromatic rings. The molecular weight excluding hydrogens is 256 g/mol. The first-order chi connectivity index (χ1) is 9.61. The lowest BCUT2D eigenvalue weighted by Crippen LogP contribution is -2.49. The van der Waals surface area contributed by atoms with E-state index in [2.05, 4.69) is 35.8 Å². The van der Waals surface area contributed by atoms with E-state index >= 15 is 0 Å². The number of carbonyl (C=O) groups is 1. The molecule has 1 aliphatic rings. The Morgan fingerprint density at radius 3 is 3.05 bits per heavy atom. The number of hydrogen-bond donors (Lipinski definition) is 0. The zero-order chi connectivity index (χ0) is 14.5. The molecule has 1 aliphatic heterocycles. The summed E-state index contributed by atoms with van der Waals surface area (Å²) in [5.41, 5.74) is 0. The van der Waals surface area contributed by atoms with Crippen molar-refractivity contribution >= 4 is 5.78 Å². The zero-order valence-corrected chi connectivity index (χ0v) is 12.6. The molecule has 0 radical (unpaired) electrons. The predicted octanol–water partition coefficient (Wildman–Crippen LogP) is 0.909. The Bertz CT molecular complexity index is 444. The molecule has 2 rings (SSSR count). The zero-order valence-electron chi connectivity index (χ0n) is 12.6. The van der Waals surface area contributed by atoms with E-state index in [0.29, 0.717) is 25.6 Å². The Morgan fingerprint density at radius 2 is 2.35 bits per heavy atom. The molecule has 0 N–H and O–H groups in total. The van der Waals surface area contributed by atoms with Crippen molar-refractivity contribution in [3.63, 3.8) is 0 Å². The number of Topliss-reactive ketones (excluding diaryl/α,β-unsaturated/α-hetero) is 1. The van der Waals surface area contributed by atoms with Crippen LogP contribution in [0.15, 0.2) is 6.33 Å². The van der Waals surface area contributed by atoms with Crippen LogP contribution in [0.25, 0.3) is 0 Å². The highest BCUT2D eigenvalue weighted by Crippen LogP contribution is 2.11. The number of ketones is 1. The number of nitrogens with zero attached hydrogens (tertiary/aromatic N) is 4. The second-order valence-electron chi connectivity index (χ2n) is 5.49. The number of carbonyl (C=O) groups excluding carboxylic acids is 1. The van der Waals surface area contributed by atoms with Gasteiger partial charge < -0.3 is 4.74 Å². The number of ether oxygens (including phenoxy) is 1. The molecule has 1 unspecified atom stereocenters. The molecule has 1 atom stereocenters. The second kappa shape index (κ2) is 6.95. The first-order valence-electron chi connectivity index (χ1n) is 7.36. The third-order valence-corrected chi connectivity index (χ3v) is 3.65. The van der Waals surface area contributed by atoms with Crippen molar-refractivity contribution in [3.05, 3.63) is 12.2 Å². The number of rotatable bonds is 6. The molecule has 6 heteroatoms. The lowest BCUT2D eigenvalue weighted by molar-refractivity contribution is -0.136. The minimum atomic E-state index is -0.335. The predicted molar refractivity (Wildman–Crippen MR) is 75.5 cm³/mol. The van der Waals surface area contributed by atoms with E-state index in [0.717, 1.165) is 25.3 Å². The van der Waals surface area contributed by atoms with E-state index in [-0.39, 0.29) is 11.9 Å². The van der Waals surface area contributed by atoms with Gasteiger partial charge in [-0.3, -0.25) is 9.69 Å². The number of morpholine rings is 1. The van der Waals surface area contributed by atoms with Crippen LogP contribution in [-0.4, -0.2) is 57.3 Å². The van der Waals surface area contributed by atoms with Crippen LogP contribution in [-0.2, 0) is 22.5 Å². The number of aryl methyl sites for hydroxylation is 1. The quantitative estimate of drug-likeness (QED) is 0.775. The summed E-state index contributed by atoms with van der Waals surface area (Å²) < 4.78 is 7.43. The van der Waals surface area contributed by atoms with Crippen LogP contribution in [0.1, 0.15) is 33.0 Å². The van der Waals surface area contributed by atoms with Gasteiger partial charge in [-0.2, -0.15) is 5.10 Å². The van der Waals surface area contributed by atoms with E-state index in [1.165, 1.54) is 6.33 Å². The second-order valence-corrected chi connectivity index (χ2v) is 5.49. The molecule has 0 amide bonds. The van der Waals surface area contributed by atoms with E-state index < -0.39 is 0 Å². The SMILES string of the molecule is CCCn1ncnc1CC(=O)C1CN(C(C)C)CCO1. The normalized spacial score (nSPS) is 20.5. The fraction of sp³-hybridized carbons (Fsp3) is 0.786. The lowest BCUT2D eigenvalue weighted by Gasteiger charge is -2.34. The van der Waals surface area contributed by atoms with Crippen molar-refractivity contribution in [1.29, 1.82) is 0 Å². The first kappa shape index (κ1) is 15.1. The van der Waals surface area contributed by atoms with Crippen LogP contribution >= 0.6 is 0 Å². The van der Waals surface area contributed by atoms with Gasteiger partial charge in [-0.1, -0.05) is 6.92 Å². The maximum atomic E-state index is 12.4. The van der Waals surface area contributed by atoms with E-state index in [1.54, 1.807) is 4.68 Å². The van der Waals surface area contributed by atoms with E-state index in [9.17, 15) is 4.79 Å². The molecule has 1 saturated heterocycles. The van der Waals surface area contributed by atoms with Crippen LogP contribution < -0.4 is 0 Å². The largest absolute Gasteiger partial charge is 0.368 e. The molecular formula is C14H24N4O2. The molecule has 1 aromatic heterocycles. The van der Waals surface area contributed by atoms with Crippen molar-refractivity contribution in [2.45, 2.75) is 52.3 Å². The Balaban J connectivity index is 1.95. The molecule has 0 spiro atoms.